The summed E-state index contributed by atoms with van der Waals surface area (Å²) < 4.78 is 34.2. The molecular formula is C22H32N2O5S. The molecule has 0 saturated heterocycles. The Hall–Kier alpha value is -1.63. The third kappa shape index (κ3) is 4.82. The lowest BCUT2D eigenvalue weighted by atomic mass is 10.0. The predicted molar refractivity (Wildman–Crippen MR) is 115 cm³/mol. The molecule has 30 heavy (non-hydrogen) atoms. The van der Waals surface area contributed by atoms with Crippen molar-refractivity contribution in [2.75, 3.05) is 26.7 Å². The average molecular weight is 437 g/mol. The first-order chi connectivity index (χ1) is 14.2. The predicted octanol–water partition coefficient (Wildman–Crippen LogP) is 1.33. The van der Waals surface area contributed by atoms with Gasteiger partial charge in [0.1, 0.15) is 22.4 Å². The van der Waals surface area contributed by atoms with Gasteiger partial charge < -0.3 is 20.3 Å². The molecule has 0 aromatic heterocycles. The van der Waals surface area contributed by atoms with Gasteiger partial charge in [0, 0.05) is 30.6 Å². The SMILES string of the molecule is CNC[C@H]1Oc2cc(C#CC3(O)CCCC3)ccc2S(=O)(=O)N([C@@H](C)CO)C[C@H]1C. The molecule has 1 aromatic rings. The molecule has 3 rings (SSSR count). The molecule has 0 spiro atoms. The van der Waals surface area contributed by atoms with Gasteiger partial charge in [-0.3, -0.25) is 0 Å². The zero-order chi connectivity index (χ0) is 21.9. The number of hydrogen-bond donors (Lipinski definition) is 3. The van der Waals surface area contributed by atoms with E-state index in [1.807, 2.05) is 14.0 Å². The fourth-order valence-electron chi connectivity index (χ4n) is 4.02. The van der Waals surface area contributed by atoms with Crippen molar-refractivity contribution in [2.24, 2.45) is 5.92 Å². The molecule has 7 nitrogen and oxygen atoms in total. The molecule has 2 aliphatic rings. The van der Waals surface area contributed by atoms with E-state index in [1.54, 1.807) is 19.1 Å². The van der Waals surface area contributed by atoms with Gasteiger partial charge in [0.25, 0.3) is 0 Å². The fraction of sp³-hybridized carbons (Fsp3) is 0.636. The molecule has 8 heteroatoms. The van der Waals surface area contributed by atoms with E-state index in [2.05, 4.69) is 17.2 Å². The molecule has 3 N–H and O–H groups in total. The van der Waals surface area contributed by atoms with Crippen molar-refractivity contribution in [2.45, 2.75) is 62.2 Å². The Morgan fingerprint density at radius 2 is 2.07 bits per heavy atom. The van der Waals surface area contributed by atoms with Crippen molar-refractivity contribution in [1.82, 2.24) is 9.62 Å². The molecule has 0 amide bonds. The normalized spacial score (nSPS) is 26.4. The highest BCUT2D eigenvalue weighted by atomic mass is 32.2. The number of likely N-dealkylation sites (N-methyl/N-ethyl adjacent to an activating group) is 1. The number of nitrogens with one attached hydrogen (secondary N) is 1. The Balaban J connectivity index is 2.05. The van der Waals surface area contributed by atoms with E-state index in [1.165, 1.54) is 10.4 Å². The number of sulfonamides is 1. The molecule has 0 unspecified atom stereocenters. The van der Waals surface area contributed by atoms with Gasteiger partial charge in [-0.2, -0.15) is 4.31 Å². The second-order valence-corrected chi connectivity index (χ2v) is 10.3. The second-order valence-electron chi connectivity index (χ2n) is 8.45. The molecule has 1 heterocycles. The highest BCUT2D eigenvalue weighted by Crippen LogP contribution is 2.34. The van der Waals surface area contributed by atoms with E-state index in [0.717, 1.165) is 12.8 Å². The molecule has 1 fully saturated rings. The van der Waals surface area contributed by atoms with E-state index >= 15 is 0 Å². The van der Waals surface area contributed by atoms with Crippen molar-refractivity contribution in [1.29, 1.82) is 0 Å². The van der Waals surface area contributed by atoms with Crippen LogP contribution in [0, 0.1) is 17.8 Å². The zero-order valence-corrected chi connectivity index (χ0v) is 18.7. The Morgan fingerprint density at radius 3 is 2.70 bits per heavy atom. The van der Waals surface area contributed by atoms with Crippen LogP contribution in [0.3, 0.4) is 0 Å². The van der Waals surface area contributed by atoms with Crippen LogP contribution >= 0.6 is 0 Å². The fourth-order valence-corrected chi connectivity index (χ4v) is 5.85. The number of hydrogen-bond acceptors (Lipinski definition) is 6. The maximum absolute atomic E-state index is 13.4. The molecule has 1 saturated carbocycles. The molecule has 1 aliphatic carbocycles. The van der Waals surface area contributed by atoms with E-state index in [9.17, 15) is 18.6 Å². The summed E-state index contributed by atoms with van der Waals surface area (Å²) in [5.41, 5.74) is -0.365. The third-order valence-electron chi connectivity index (χ3n) is 5.94. The van der Waals surface area contributed by atoms with Crippen molar-refractivity contribution in [3.05, 3.63) is 23.8 Å². The lowest BCUT2D eigenvalue weighted by Gasteiger charge is -2.36. The van der Waals surface area contributed by atoms with Crippen LogP contribution in [-0.4, -0.2) is 67.4 Å². The largest absolute Gasteiger partial charge is 0.487 e. The smallest absolute Gasteiger partial charge is 0.247 e. The summed E-state index contributed by atoms with van der Waals surface area (Å²) in [4.78, 5) is 0.0703. The van der Waals surface area contributed by atoms with Gasteiger partial charge in [0.2, 0.25) is 10.0 Å². The average Bonchev–Trinajstić information content (AvgIpc) is 3.15. The van der Waals surface area contributed by atoms with E-state index in [4.69, 9.17) is 4.74 Å². The van der Waals surface area contributed by atoms with Crippen LogP contribution in [0.1, 0.15) is 45.1 Å². The van der Waals surface area contributed by atoms with Crippen LogP contribution in [0.25, 0.3) is 0 Å². The summed E-state index contributed by atoms with van der Waals surface area (Å²) >= 11 is 0. The van der Waals surface area contributed by atoms with E-state index in [0.29, 0.717) is 24.9 Å². The number of aliphatic hydroxyl groups is 2. The van der Waals surface area contributed by atoms with Crippen molar-refractivity contribution in [3.8, 4) is 17.6 Å². The minimum Gasteiger partial charge on any atom is -0.487 e. The molecular weight excluding hydrogens is 404 g/mol. The third-order valence-corrected chi connectivity index (χ3v) is 7.96. The minimum absolute atomic E-state index is 0.0703. The molecule has 1 aliphatic heterocycles. The quantitative estimate of drug-likeness (QED) is 0.616. The summed E-state index contributed by atoms with van der Waals surface area (Å²) in [5, 5.41) is 23.2. The Kier molecular flexibility index (Phi) is 7.10. The molecule has 3 atom stereocenters. The summed E-state index contributed by atoms with van der Waals surface area (Å²) in [6, 6.07) is 4.25. The summed E-state index contributed by atoms with van der Waals surface area (Å²) in [5.74, 6) is 6.11. The van der Waals surface area contributed by atoms with Gasteiger partial charge in [-0.05, 0) is 57.9 Å². The number of rotatable bonds is 4. The summed E-state index contributed by atoms with van der Waals surface area (Å²) in [7, 11) is -2.03. The van der Waals surface area contributed by atoms with Gasteiger partial charge in [-0.15, -0.1) is 0 Å². The maximum Gasteiger partial charge on any atom is 0.247 e. The van der Waals surface area contributed by atoms with Gasteiger partial charge >= 0.3 is 0 Å². The van der Waals surface area contributed by atoms with Crippen LogP contribution in [0.2, 0.25) is 0 Å². The topological polar surface area (TPSA) is 99.1 Å². The monoisotopic (exact) mass is 436 g/mol. The Bertz CT molecular complexity index is 915. The van der Waals surface area contributed by atoms with Crippen molar-refractivity contribution in [3.63, 3.8) is 0 Å². The zero-order valence-electron chi connectivity index (χ0n) is 17.9. The number of benzene rings is 1. The highest BCUT2D eigenvalue weighted by Gasteiger charge is 2.37. The molecule has 0 bridgehead atoms. The van der Waals surface area contributed by atoms with Crippen LogP contribution in [0.5, 0.6) is 5.75 Å². The summed E-state index contributed by atoms with van der Waals surface area (Å²) in [6.07, 6.45) is 2.98. The van der Waals surface area contributed by atoms with Crippen LogP contribution < -0.4 is 10.1 Å². The van der Waals surface area contributed by atoms with Gasteiger partial charge in [-0.1, -0.05) is 18.8 Å². The number of ether oxygens (including phenoxy) is 1. The molecule has 1 aromatic carbocycles. The van der Waals surface area contributed by atoms with Gasteiger partial charge in [0.05, 0.1) is 6.61 Å². The van der Waals surface area contributed by atoms with Crippen LogP contribution in [0.4, 0.5) is 0 Å². The van der Waals surface area contributed by atoms with Crippen molar-refractivity contribution < 1.29 is 23.4 Å². The van der Waals surface area contributed by atoms with Crippen molar-refractivity contribution >= 4 is 10.0 Å². The lowest BCUT2D eigenvalue weighted by Crippen LogP contribution is -2.49. The standard InChI is InChI=1S/C22H32N2O5S/c1-16-14-24(17(2)15-25)30(27,28)21-7-6-18(8-11-22(26)9-4-5-10-22)12-19(21)29-20(16)13-23-3/h6-7,12,16-17,20,23,25-26H,4-5,9-10,13-15H2,1-3H3/t16-,17+,20-/m1/s1. The first-order valence-electron chi connectivity index (χ1n) is 10.5. The second kappa shape index (κ2) is 9.25. The molecule has 166 valence electrons. The number of fused-ring (bicyclic) bond motifs is 1. The first kappa shape index (κ1) is 23.0. The minimum atomic E-state index is -3.85. The first-order valence-corrected chi connectivity index (χ1v) is 12.0. The Labute approximate surface area is 179 Å². The lowest BCUT2D eigenvalue weighted by molar-refractivity contribution is 0.103. The van der Waals surface area contributed by atoms with E-state index in [-0.39, 0.29) is 35.8 Å². The Morgan fingerprint density at radius 1 is 1.37 bits per heavy atom. The summed E-state index contributed by atoms with van der Waals surface area (Å²) in [6.45, 7) is 4.18. The maximum atomic E-state index is 13.4. The number of aliphatic hydroxyl groups excluding tert-OH is 1. The molecule has 0 radical (unpaired) electrons. The van der Waals surface area contributed by atoms with Crippen LogP contribution in [0.15, 0.2) is 23.1 Å². The van der Waals surface area contributed by atoms with E-state index < -0.39 is 21.7 Å². The van der Waals surface area contributed by atoms with Gasteiger partial charge in [-0.25, -0.2) is 8.42 Å². The van der Waals surface area contributed by atoms with Crippen LogP contribution in [-0.2, 0) is 10.0 Å². The highest BCUT2D eigenvalue weighted by molar-refractivity contribution is 7.89. The number of nitrogens with zero attached hydrogens (tertiary/aromatic N) is 1. The van der Waals surface area contributed by atoms with Gasteiger partial charge in [0.15, 0.2) is 0 Å².